The van der Waals surface area contributed by atoms with E-state index in [1.807, 2.05) is 6.92 Å². The number of hydrogen-bond donors (Lipinski definition) is 2. The maximum Gasteiger partial charge on any atom is 0.265 e. The molecule has 7 nitrogen and oxygen atoms in total. The van der Waals surface area contributed by atoms with Crippen LogP contribution in [0.5, 0.6) is 5.75 Å². The number of hydrogen-bond acceptors (Lipinski definition) is 5. The Bertz CT molecular complexity index is 965. The molecule has 1 saturated heterocycles. The number of amides is 1. The summed E-state index contributed by atoms with van der Waals surface area (Å²) in [6.07, 6.45) is 1.14. The zero-order valence-electron chi connectivity index (χ0n) is 16.6. The highest BCUT2D eigenvalue weighted by Crippen LogP contribution is 2.27. The summed E-state index contributed by atoms with van der Waals surface area (Å²) in [4.78, 5) is 14.2. The maximum atomic E-state index is 12.8. The van der Waals surface area contributed by atoms with E-state index in [0.717, 1.165) is 11.1 Å². The van der Waals surface area contributed by atoms with Crippen LogP contribution >= 0.6 is 0 Å². The molecule has 1 aliphatic rings. The van der Waals surface area contributed by atoms with Crippen molar-refractivity contribution in [1.82, 2.24) is 4.90 Å². The van der Waals surface area contributed by atoms with Gasteiger partial charge in [-0.25, -0.2) is 8.42 Å². The van der Waals surface area contributed by atoms with Gasteiger partial charge in [-0.1, -0.05) is 18.2 Å². The van der Waals surface area contributed by atoms with Crippen LogP contribution in [0.3, 0.4) is 0 Å². The fourth-order valence-corrected chi connectivity index (χ4v) is 4.61. The predicted molar refractivity (Wildman–Crippen MR) is 111 cm³/mol. The van der Waals surface area contributed by atoms with E-state index in [-0.39, 0.29) is 29.1 Å². The summed E-state index contributed by atoms with van der Waals surface area (Å²) in [7, 11) is -2.38. The molecule has 2 aromatic carbocycles. The molecule has 0 aromatic heterocycles. The molecule has 2 N–H and O–H groups in total. The summed E-state index contributed by atoms with van der Waals surface area (Å²) < 4.78 is 33.2. The van der Waals surface area contributed by atoms with Crippen LogP contribution in [0.25, 0.3) is 0 Å². The number of sulfonamides is 1. The highest BCUT2D eigenvalue weighted by atomic mass is 32.2. The SMILES string of the molecule is COc1ccc(C)cc1S(=O)(=O)Nc1ccc(CC(=O)N2CCC(O)CC2)cc1. The normalized spacial score (nSPS) is 15.2. The summed E-state index contributed by atoms with van der Waals surface area (Å²) in [5.74, 6) is 0.284. The Morgan fingerprint density at radius 3 is 2.45 bits per heavy atom. The van der Waals surface area contributed by atoms with Crippen molar-refractivity contribution in [2.75, 3.05) is 24.9 Å². The van der Waals surface area contributed by atoms with Crippen LogP contribution in [0.2, 0.25) is 0 Å². The van der Waals surface area contributed by atoms with E-state index in [9.17, 15) is 18.3 Å². The first-order valence-electron chi connectivity index (χ1n) is 9.51. The summed E-state index contributed by atoms with van der Waals surface area (Å²) in [5, 5.41) is 9.55. The topological polar surface area (TPSA) is 95.9 Å². The van der Waals surface area contributed by atoms with Crippen molar-refractivity contribution in [3.63, 3.8) is 0 Å². The lowest BCUT2D eigenvalue weighted by molar-refractivity contribution is -0.132. The molecule has 156 valence electrons. The molecule has 0 saturated carbocycles. The lowest BCUT2D eigenvalue weighted by atomic mass is 10.1. The van der Waals surface area contributed by atoms with Crippen LogP contribution in [0.1, 0.15) is 24.0 Å². The molecule has 2 aromatic rings. The van der Waals surface area contributed by atoms with Crippen molar-refractivity contribution < 1.29 is 23.1 Å². The summed E-state index contributed by atoms with van der Waals surface area (Å²) in [6, 6.07) is 11.7. The predicted octanol–water partition coefficient (Wildman–Crippen LogP) is 2.33. The van der Waals surface area contributed by atoms with E-state index >= 15 is 0 Å². The second-order valence-electron chi connectivity index (χ2n) is 7.25. The van der Waals surface area contributed by atoms with Gasteiger partial charge in [0.2, 0.25) is 5.91 Å². The van der Waals surface area contributed by atoms with E-state index in [0.29, 0.717) is 31.6 Å². The highest BCUT2D eigenvalue weighted by molar-refractivity contribution is 7.92. The fourth-order valence-electron chi connectivity index (χ4n) is 3.30. The zero-order valence-corrected chi connectivity index (χ0v) is 17.4. The van der Waals surface area contributed by atoms with Gasteiger partial charge in [-0.15, -0.1) is 0 Å². The number of nitrogens with one attached hydrogen (secondary N) is 1. The van der Waals surface area contributed by atoms with Crippen molar-refractivity contribution in [2.45, 2.75) is 37.2 Å². The summed E-state index contributed by atoms with van der Waals surface area (Å²) in [5.41, 5.74) is 2.02. The third kappa shape index (κ3) is 5.27. The van der Waals surface area contributed by atoms with Gasteiger partial charge in [-0.2, -0.15) is 0 Å². The van der Waals surface area contributed by atoms with Crippen molar-refractivity contribution in [3.05, 3.63) is 53.6 Å². The average Bonchev–Trinajstić information content (AvgIpc) is 2.69. The number of ether oxygens (including phenoxy) is 1. The number of aliphatic hydroxyl groups is 1. The monoisotopic (exact) mass is 418 g/mol. The molecule has 8 heteroatoms. The molecule has 1 fully saturated rings. The first-order chi connectivity index (χ1) is 13.8. The molecule has 1 aliphatic heterocycles. The van der Waals surface area contributed by atoms with Gasteiger partial charge in [0.05, 0.1) is 19.6 Å². The minimum absolute atomic E-state index is 0.00901. The van der Waals surface area contributed by atoms with E-state index in [4.69, 9.17) is 4.74 Å². The minimum Gasteiger partial charge on any atom is -0.495 e. The Morgan fingerprint density at radius 1 is 1.17 bits per heavy atom. The van der Waals surface area contributed by atoms with Crippen LogP contribution in [-0.2, 0) is 21.2 Å². The first-order valence-corrected chi connectivity index (χ1v) is 11.0. The second-order valence-corrected chi connectivity index (χ2v) is 8.90. The van der Waals surface area contributed by atoms with Crippen molar-refractivity contribution in [1.29, 1.82) is 0 Å². The van der Waals surface area contributed by atoms with Crippen molar-refractivity contribution in [3.8, 4) is 5.75 Å². The third-order valence-corrected chi connectivity index (χ3v) is 6.39. The lowest BCUT2D eigenvalue weighted by Crippen LogP contribution is -2.40. The van der Waals surface area contributed by atoms with Gasteiger partial charge >= 0.3 is 0 Å². The molecule has 0 aliphatic carbocycles. The largest absolute Gasteiger partial charge is 0.495 e. The van der Waals surface area contributed by atoms with Crippen LogP contribution < -0.4 is 9.46 Å². The van der Waals surface area contributed by atoms with Gasteiger partial charge in [0.1, 0.15) is 10.6 Å². The summed E-state index contributed by atoms with van der Waals surface area (Å²) in [6.45, 7) is 2.94. The van der Waals surface area contributed by atoms with Gasteiger partial charge in [-0.3, -0.25) is 9.52 Å². The number of methoxy groups -OCH3 is 1. The number of carbonyl (C=O) groups excluding carboxylic acids is 1. The zero-order chi connectivity index (χ0) is 21.0. The lowest BCUT2D eigenvalue weighted by Gasteiger charge is -2.29. The Kier molecular flexibility index (Phi) is 6.44. The van der Waals surface area contributed by atoms with Crippen LogP contribution in [0, 0.1) is 6.92 Å². The number of aliphatic hydroxyl groups excluding tert-OH is 1. The molecule has 3 rings (SSSR count). The maximum absolute atomic E-state index is 12.8. The Morgan fingerprint density at radius 2 is 1.83 bits per heavy atom. The molecule has 29 heavy (non-hydrogen) atoms. The molecular weight excluding hydrogens is 392 g/mol. The van der Waals surface area contributed by atoms with Crippen molar-refractivity contribution >= 4 is 21.6 Å². The molecule has 0 radical (unpaired) electrons. The standard InChI is InChI=1S/C21H26N2O5S/c1-15-3-8-19(28-2)20(13-15)29(26,27)22-17-6-4-16(5-7-17)14-21(25)23-11-9-18(24)10-12-23/h3-8,13,18,22,24H,9-12,14H2,1-2H3. The van der Waals surface area contributed by atoms with E-state index < -0.39 is 10.0 Å². The van der Waals surface area contributed by atoms with Gasteiger partial charge in [0.15, 0.2) is 0 Å². The van der Waals surface area contributed by atoms with Crippen LogP contribution in [0.4, 0.5) is 5.69 Å². The van der Waals surface area contributed by atoms with Crippen LogP contribution in [-0.4, -0.2) is 50.6 Å². The van der Waals surface area contributed by atoms with E-state index in [2.05, 4.69) is 4.72 Å². The molecule has 0 atom stereocenters. The molecule has 1 heterocycles. The van der Waals surface area contributed by atoms with Gasteiger partial charge in [-0.05, 0) is 55.2 Å². The highest BCUT2D eigenvalue weighted by Gasteiger charge is 2.22. The number of benzene rings is 2. The molecule has 1 amide bonds. The average molecular weight is 419 g/mol. The molecule has 0 spiro atoms. The van der Waals surface area contributed by atoms with E-state index in [1.54, 1.807) is 47.4 Å². The minimum atomic E-state index is -3.81. The smallest absolute Gasteiger partial charge is 0.265 e. The Balaban J connectivity index is 1.67. The van der Waals surface area contributed by atoms with E-state index in [1.165, 1.54) is 7.11 Å². The number of anilines is 1. The number of piperidine rings is 1. The molecule has 0 unspecified atom stereocenters. The molecule has 0 bridgehead atoms. The number of aryl methyl sites for hydroxylation is 1. The molecular formula is C21H26N2O5S. The Hall–Kier alpha value is -2.58. The third-order valence-electron chi connectivity index (χ3n) is 4.99. The van der Waals surface area contributed by atoms with Crippen LogP contribution in [0.15, 0.2) is 47.4 Å². The number of likely N-dealkylation sites (tertiary alicyclic amines) is 1. The number of carbonyl (C=O) groups is 1. The van der Waals surface area contributed by atoms with Gasteiger partial charge in [0.25, 0.3) is 10.0 Å². The fraction of sp³-hybridized carbons (Fsp3) is 0.381. The second kappa shape index (κ2) is 8.84. The number of rotatable bonds is 6. The van der Waals surface area contributed by atoms with Gasteiger partial charge < -0.3 is 14.7 Å². The van der Waals surface area contributed by atoms with Crippen molar-refractivity contribution in [2.24, 2.45) is 0 Å². The first kappa shape index (κ1) is 21.1. The number of nitrogens with zero attached hydrogens (tertiary/aromatic N) is 1. The van der Waals surface area contributed by atoms with Gasteiger partial charge in [0, 0.05) is 18.8 Å². The summed E-state index contributed by atoms with van der Waals surface area (Å²) >= 11 is 0. The quantitative estimate of drug-likeness (QED) is 0.751. The Labute approximate surface area is 171 Å².